The highest BCUT2D eigenvalue weighted by atomic mass is 31.1. The smallest absolute Gasteiger partial charge is 0.463 e. The van der Waals surface area contributed by atoms with Crippen molar-refractivity contribution in [2.45, 2.75) is 71.2 Å². The third kappa shape index (κ3) is 9.78. The zero-order chi connectivity index (χ0) is 21.0. The highest BCUT2D eigenvalue weighted by Crippen LogP contribution is 2.24. The third-order valence-electron chi connectivity index (χ3n) is 3.87. The number of nitrogens with two attached hydrogens (primary N) is 1. The van der Waals surface area contributed by atoms with Gasteiger partial charge >= 0.3 is 13.9 Å². The molecule has 1 rings (SSSR count). The number of esters is 1. The first kappa shape index (κ1) is 25.4. The van der Waals surface area contributed by atoms with Crippen LogP contribution in [0.4, 0.5) is 0 Å². The summed E-state index contributed by atoms with van der Waals surface area (Å²) < 4.78 is 31.7. The summed E-state index contributed by atoms with van der Waals surface area (Å²) in [6.07, 6.45) is 3.48. The maximum atomic E-state index is 12.0. The number of amides is 1. The summed E-state index contributed by atoms with van der Waals surface area (Å²) in [5, 5.41) is 9.89. The van der Waals surface area contributed by atoms with Crippen LogP contribution in [0.3, 0.4) is 0 Å². The van der Waals surface area contributed by atoms with Crippen LogP contribution in [0.5, 0.6) is 0 Å². The minimum Gasteiger partial charge on any atom is -0.463 e. The van der Waals surface area contributed by atoms with Crippen LogP contribution in [0.2, 0.25) is 0 Å². The second-order valence-corrected chi connectivity index (χ2v) is 6.46. The molecule has 0 spiro atoms. The van der Waals surface area contributed by atoms with Crippen molar-refractivity contribution in [2.75, 3.05) is 6.61 Å². The van der Waals surface area contributed by atoms with Crippen LogP contribution in [0, 0.1) is 0 Å². The lowest BCUT2D eigenvalue weighted by Crippen LogP contribution is -2.57. The van der Waals surface area contributed by atoms with Gasteiger partial charge in [0.05, 0.1) is 24.9 Å². The summed E-state index contributed by atoms with van der Waals surface area (Å²) in [4.78, 5) is 23.4. The fourth-order valence-electron chi connectivity index (χ4n) is 2.62. The maximum Gasteiger partial charge on any atom is 0.496 e. The predicted octanol–water partition coefficient (Wildman–Crippen LogP) is 2.10. The second kappa shape index (κ2) is 13.6. The summed E-state index contributed by atoms with van der Waals surface area (Å²) >= 11 is 0. The lowest BCUT2D eigenvalue weighted by molar-refractivity contribution is -0.139. The molecule has 0 aromatic carbocycles. The highest BCUT2D eigenvalue weighted by Gasteiger charge is 2.35. The quantitative estimate of drug-likeness (QED) is 0.236. The first-order chi connectivity index (χ1) is 12.7. The lowest BCUT2D eigenvalue weighted by atomic mass is 9.88. The first-order valence-electron chi connectivity index (χ1n) is 8.71. The highest BCUT2D eigenvalue weighted by molar-refractivity contribution is 7.24. The molecular formula is C16H31N2O8P. The SMILES string of the molecule is CCOC(=O)C1=C[C@@H](OC(CC)CC)[C@H](NC(C)=O)[C@@H](N)C1.O=P(=O)OO.[HH]. The Bertz CT molecular complexity index is 573. The molecule has 0 radical (unpaired) electrons. The molecule has 27 heavy (non-hydrogen) atoms. The Morgan fingerprint density at radius 1 is 1.37 bits per heavy atom. The molecule has 0 aromatic rings. The van der Waals surface area contributed by atoms with Crippen molar-refractivity contribution < 1.29 is 39.6 Å². The van der Waals surface area contributed by atoms with Gasteiger partial charge in [-0.3, -0.25) is 4.79 Å². The molecule has 1 aliphatic carbocycles. The average Bonchev–Trinajstić information content (AvgIpc) is 2.62. The summed E-state index contributed by atoms with van der Waals surface area (Å²) in [6, 6.07) is -0.719. The number of ether oxygens (including phenoxy) is 2. The van der Waals surface area contributed by atoms with Crippen molar-refractivity contribution in [3.63, 3.8) is 0 Å². The fourth-order valence-corrected chi connectivity index (χ4v) is 2.62. The minimum absolute atomic E-state index is 0. The van der Waals surface area contributed by atoms with E-state index in [9.17, 15) is 9.59 Å². The molecule has 0 saturated heterocycles. The van der Waals surface area contributed by atoms with Crippen molar-refractivity contribution in [3.05, 3.63) is 11.6 Å². The van der Waals surface area contributed by atoms with Crippen molar-refractivity contribution in [1.82, 2.24) is 5.32 Å². The molecule has 0 heterocycles. The Kier molecular flexibility index (Phi) is 12.8. The number of hydrogen-bond donors (Lipinski definition) is 3. The van der Waals surface area contributed by atoms with Gasteiger partial charge in [0.1, 0.15) is 0 Å². The molecule has 3 atom stereocenters. The minimum atomic E-state index is -3.04. The molecule has 1 aliphatic rings. The lowest BCUT2D eigenvalue weighted by Gasteiger charge is -2.36. The van der Waals surface area contributed by atoms with Gasteiger partial charge in [0.15, 0.2) is 0 Å². The van der Waals surface area contributed by atoms with Crippen molar-refractivity contribution in [1.29, 1.82) is 0 Å². The normalized spacial score (nSPS) is 21.6. The van der Waals surface area contributed by atoms with Gasteiger partial charge in [0, 0.05) is 20.0 Å². The van der Waals surface area contributed by atoms with Crippen LogP contribution < -0.4 is 11.1 Å². The Hall–Kier alpha value is -1.58. The van der Waals surface area contributed by atoms with Gasteiger partial charge in [-0.05, 0) is 32.3 Å². The molecule has 1 amide bonds. The molecule has 4 N–H and O–H groups in total. The largest absolute Gasteiger partial charge is 0.496 e. The Balaban J connectivity index is 0. The summed E-state index contributed by atoms with van der Waals surface area (Å²) in [5.41, 5.74) is 6.68. The van der Waals surface area contributed by atoms with Gasteiger partial charge < -0.3 is 20.5 Å². The molecule has 0 bridgehead atoms. The van der Waals surface area contributed by atoms with E-state index in [4.69, 9.17) is 29.6 Å². The molecule has 10 nitrogen and oxygen atoms in total. The van der Waals surface area contributed by atoms with Crippen molar-refractivity contribution in [3.8, 4) is 0 Å². The van der Waals surface area contributed by atoms with Crippen LogP contribution in [0.25, 0.3) is 0 Å². The van der Waals surface area contributed by atoms with Crippen molar-refractivity contribution >= 4 is 19.8 Å². The zero-order valence-corrected chi connectivity index (χ0v) is 16.9. The molecule has 0 aromatic heterocycles. The van der Waals surface area contributed by atoms with Crippen LogP contribution in [-0.4, -0.2) is 48.0 Å². The molecule has 0 aliphatic heterocycles. The van der Waals surface area contributed by atoms with Crippen molar-refractivity contribution in [2.24, 2.45) is 5.73 Å². The van der Waals surface area contributed by atoms with E-state index in [2.05, 4.69) is 9.99 Å². The molecule has 11 heteroatoms. The van der Waals surface area contributed by atoms with Gasteiger partial charge in [-0.1, -0.05) is 13.8 Å². The fraction of sp³-hybridized carbons (Fsp3) is 0.750. The van der Waals surface area contributed by atoms with E-state index in [-0.39, 0.29) is 31.5 Å². The molecule has 0 fully saturated rings. The second-order valence-electron chi connectivity index (χ2n) is 5.85. The van der Waals surface area contributed by atoms with Gasteiger partial charge in [-0.2, -0.15) is 0 Å². The third-order valence-corrected chi connectivity index (χ3v) is 4.00. The van der Waals surface area contributed by atoms with E-state index in [1.165, 1.54) is 6.92 Å². The zero-order valence-electron chi connectivity index (χ0n) is 16.0. The molecular weight excluding hydrogens is 379 g/mol. The molecule has 158 valence electrons. The Morgan fingerprint density at radius 2 is 1.93 bits per heavy atom. The van der Waals surface area contributed by atoms with E-state index < -0.39 is 14.0 Å². The Morgan fingerprint density at radius 3 is 2.33 bits per heavy atom. The van der Waals surface area contributed by atoms with Gasteiger partial charge in [-0.15, -0.1) is 4.67 Å². The van der Waals surface area contributed by atoms with Gasteiger partial charge in [0.25, 0.3) is 0 Å². The number of rotatable bonds is 8. The number of carbonyl (C=O) groups is 2. The first-order valence-corrected chi connectivity index (χ1v) is 9.81. The number of carbonyl (C=O) groups excluding carboxylic acids is 2. The molecule has 0 unspecified atom stereocenters. The standard InChI is InChI=1S/C16H28N2O4.HO4P.H2/c1-5-12(6-2)22-14-9-11(16(20)21-7-3)8-13(17)15(14)18-10(4)19;1-4-5(2)3;/h9,12-15H,5-8,17H2,1-4H3,(H,18,19);1H;1H/t13-,14+,15+;;/m0../s1. The topological polar surface area (TPSA) is 154 Å². The Labute approximate surface area is 160 Å². The van der Waals surface area contributed by atoms with E-state index in [0.717, 1.165) is 12.8 Å². The maximum absolute atomic E-state index is 12.0. The molecule has 0 saturated carbocycles. The van der Waals surface area contributed by atoms with Gasteiger partial charge in [0.2, 0.25) is 5.91 Å². The number of nitrogens with one attached hydrogen (secondary N) is 1. The number of hydrogen-bond acceptors (Lipinski definition) is 9. The summed E-state index contributed by atoms with van der Waals surface area (Å²) in [7, 11) is -3.04. The summed E-state index contributed by atoms with van der Waals surface area (Å²) in [5.74, 6) is -0.524. The van der Waals surface area contributed by atoms with E-state index in [0.29, 0.717) is 18.6 Å². The van der Waals surface area contributed by atoms with Gasteiger partial charge in [-0.25, -0.2) is 19.2 Å². The van der Waals surface area contributed by atoms with Crippen LogP contribution in [0.1, 0.15) is 48.4 Å². The van der Waals surface area contributed by atoms with E-state index >= 15 is 0 Å². The van der Waals surface area contributed by atoms with Crippen LogP contribution >= 0.6 is 7.91 Å². The summed E-state index contributed by atoms with van der Waals surface area (Å²) in [6.45, 7) is 7.62. The van der Waals surface area contributed by atoms with E-state index in [1.807, 2.05) is 13.8 Å². The monoisotopic (exact) mass is 410 g/mol. The average molecular weight is 410 g/mol. The van der Waals surface area contributed by atoms with Crippen LogP contribution in [-0.2, 0) is 32.9 Å². The van der Waals surface area contributed by atoms with E-state index in [1.54, 1.807) is 13.0 Å². The predicted molar refractivity (Wildman–Crippen MR) is 98.3 cm³/mol. The van der Waals surface area contributed by atoms with Crippen LogP contribution in [0.15, 0.2) is 11.6 Å².